The molecule has 1 atom stereocenters. The quantitative estimate of drug-likeness (QED) is 0.592. The highest BCUT2D eigenvalue weighted by molar-refractivity contribution is 9.10. The van der Waals surface area contributed by atoms with Gasteiger partial charge in [-0.1, -0.05) is 33.6 Å². The second-order valence-electron chi connectivity index (χ2n) is 5.18. The predicted octanol–water partition coefficient (Wildman–Crippen LogP) is 2.34. The Morgan fingerprint density at radius 1 is 1.50 bits per heavy atom. The average molecular weight is 409 g/mol. The van der Waals surface area contributed by atoms with E-state index in [0.717, 1.165) is 10.0 Å². The van der Waals surface area contributed by atoms with Crippen molar-refractivity contribution < 1.29 is 8.42 Å². The van der Waals surface area contributed by atoms with Crippen LogP contribution in [0.3, 0.4) is 0 Å². The molecule has 22 heavy (non-hydrogen) atoms. The highest BCUT2D eigenvalue weighted by Gasteiger charge is 2.28. The van der Waals surface area contributed by atoms with Crippen LogP contribution in [0.2, 0.25) is 5.02 Å². The van der Waals surface area contributed by atoms with Crippen LogP contribution in [0.15, 0.2) is 27.7 Å². The van der Waals surface area contributed by atoms with Gasteiger partial charge in [-0.25, -0.2) is 13.4 Å². The Balaban J connectivity index is 2.03. The van der Waals surface area contributed by atoms with Crippen molar-refractivity contribution in [3.05, 3.63) is 33.3 Å². The molecule has 2 rings (SSSR count). The van der Waals surface area contributed by atoms with Crippen LogP contribution in [0.1, 0.15) is 18.9 Å². The van der Waals surface area contributed by atoms with Crippen LogP contribution in [-0.4, -0.2) is 38.5 Å². The molecule has 1 unspecified atom stereocenters. The molecule has 8 heteroatoms. The Labute approximate surface area is 144 Å². The first kappa shape index (κ1) is 17.6. The lowest BCUT2D eigenvalue weighted by molar-refractivity contribution is 0.599. The zero-order valence-corrected chi connectivity index (χ0v) is 15.4. The molecule has 2 N–H and O–H groups in total. The van der Waals surface area contributed by atoms with Crippen molar-refractivity contribution in [2.24, 2.45) is 4.99 Å². The summed E-state index contributed by atoms with van der Waals surface area (Å²) in [5, 5.41) is 6.96. The van der Waals surface area contributed by atoms with E-state index < -0.39 is 9.84 Å². The van der Waals surface area contributed by atoms with Crippen LogP contribution in [0, 0.1) is 0 Å². The van der Waals surface area contributed by atoms with Gasteiger partial charge in [-0.05, 0) is 31.0 Å². The summed E-state index contributed by atoms with van der Waals surface area (Å²) in [5.74, 6) is 1.02. The fourth-order valence-corrected chi connectivity index (χ4v) is 4.64. The van der Waals surface area contributed by atoms with E-state index in [4.69, 9.17) is 11.6 Å². The summed E-state index contributed by atoms with van der Waals surface area (Å²) in [5.41, 5.74) is 0.918. The standard InChI is InChI=1S/C14H19BrClN3O2S/c1-2-17-14(19-12-5-6-22(20,21)9-12)18-8-10-3-4-11(15)7-13(10)16/h3-4,7,12H,2,5-6,8-9H2,1H3,(H2,17,18,19). The van der Waals surface area contributed by atoms with E-state index in [1.54, 1.807) is 0 Å². The first-order chi connectivity index (χ1) is 10.4. The van der Waals surface area contributed by atoms with Gasteiger partial charge in [0.05, 0.1) is 18.1 Å². The zero-order chi connectivity index (χ0) is 16.2. The second-order valence-corrected chi connectivity index (χ2v) is 8.73. The third-order valence-electron chi connectivity index (χ3n) is 3.34. The lowest BCUT2D eigenvalue weighted by Crippen LogP contribution is -2.44. The third kappa shape index (κ3) is 5.14. The molecule has 122 valence electrons. The predicted molar refractivity (Wildman–Crippen MR) is 94.2 cm³/mol. The van der Waals surface area contributed by atoms with E-state index in [-0.39, 0.29) is 17.5 Å². The maximum atomic E-state index is 11.5. The van der Waals surface area contributed by atoms with Gasteiger partial charge in [0.2, 0.25) is 0 Å². The number of benzene rings is 1. The molecule has 1 aromatic carbocycles. The second kappa shape index (κ2) is 7.66. The molecule has 0 aliphatic carbocycles. The molecule has 0 bridgehead atoms. The molecule has 1 aliphatic heterocycles. The third-order valence-corrected chi connectivity index (χ3v) is 5.95. The fourth-order valence-electron chi connectivity index (χ4n) is 2.24. The maximum Gasteiger partial charge on any atom is 0.191 e. The van der Waals surface area contributed by atoms with Gasteiger partial charge in [-0.2, -0.15) is 0 Å². The maximum absolute atomic E-state index is 11.5. The summed E-state index contributed by atoms with van der Waals surface area (Å²) >= 11 is 9.55. The van der Waals surface area contributed by atoms with Crippen LogP contribution in [0.25, 0.3) is 0 Å². The normalized spacial score (nSPS) is 20.9. The Bertz CT molecular complexity index is 664. The van der Waals surface area contributed by atoms with Crippen molar-refractivity contribution in [1.29, 1.82) is 0 Å². The van der Waals surface area contributed by atoms with Gasteiger partial charge in [0, 0.05) is 22.1 Å². The van der Waals surface area contributed by atoms with Crippen molar-refractivity contribution in [1.82, 2.24) is 10.6 Å². The number of rotatable bonds is 4. The number of sulfone groups is 1. The van der Waals surface area contributed by atoms with Gasteiger partial charge < -0.3 is 10.6 Å². The van der Waals surface area contributed by atoms with Gasteiger partial charge in [0.25, 0.3) is 0 Å². The topological polar surface area (TPSA) is 70.6 Å². The number of aliphatic imine (C=N–C) groups is 1. The minimum absolute atomic E-state index is 0.0804. The molecule has 1 saturated heterocycles. The van der Waals surface area contributed by atoms with Crippen molar-refractivity contribution in [2.45, 2.75) is 25.9 Å². The molecule has 0 spiro atoms. The minimum Gasteiger partial charge on any atom is -0.357 e. The van der Waals surface area contributed by atoms with E-state index in [1.165, 1.54) is 0 Å². The summed E-state index contributed by atoms with van der Waals surface area (Å²) in [7, 11) is -2.91. The Kier molecular flexibility index (Phi) is 6.11. The molecule has 1 aliphatic rings. The Hall–Kier alpha value is -0.790. The van der Waals surface area contributed by atoms with Crippen LogP contribution >= 0.6 is 27.5 Å². The molecule has 0 radical (unpaired) electrons. The van der Waals surface area contributed by atoms with Crippen molar-refractivity contribution in [2.75, 3.05) is 18.1 Å². The molecule has 1 aromatic rings. The SMILES string of the molecule is CCNC(=NCc1ccc(Br)cc1Cl)NC1CCS(=O)(=O)C1. The Morgan fingerprint density at radius 2 is 2.27 bits per heavy atom. The van der Waals surface area contributed by atoms with E-state index >= 15 is 0 Å². The number of hydrogen-bond donors (Lipinski definition) is 2. The minimum atomic E-state index is -2.91. The van der Waals surface area contributed by atoms with Gasteiger partial charge in [-0.15, -0.1) is 0 Å². The molecule has 1 heterocycles. The molecule has 0 aromatic heterocycles. The first-order valence-corrected chi connectivity index (χ1v) is 10.1. The number of nitrogens with zero attached hydrogens (tertiary/aromatic N) is 1. The highest BCUT2D eigenvalue weighted by Crippen LogP contribution is 2.22. The summed E-state index contributed by atoms with van der Waals surface area (Å²) in [6.45, 7) is 3.11. The van der Waals surface area contributed by atoms with Gasteiger partial charge in [0.15, 0.2) is 15.8 Å². The average Bonchev–Trinajstić information content (AvgIpc) is 2.77. The van der Waals surface area contributed by atoms with Crippen LogP contribution in [-0.2, 0) is 16.4 Å². The summed E-state index contributed by atoms with van der Waals surface area (Å²) in [6, 6.07) is 5.58. The van der Waals surface area contributed by atoms with Gasteiger partial charge in [0.1, 0.15) is 0 Å². The summed E-state index contributed by atoms with van der Waals surface area (Å²) < 4.78 is 24.0. The lowest BCUT2D eigenvalue weighted by Gasteiger charge is -2.16. The number of guanidine groups is 1. The highest BCUT2D eigenvalue weighted by atomic mass is 79.9. The monoisotopic (exact) mass is 407 g/mol. The van der Waals surface area contributed by atoms with Gasteiger partial charge in [-0.3, -0.25) is 0 Å². The van der Waals surface area contributed by atoms with Gasteiger partial charge >= 0.3 is 0 Å². The smallest absolute Gasteiger partial charge is 0.191 e. The number of nitrogens with one attached hydrogen (secondary N) is 2. The largest absolute Gasteiger partial charge is 0.357 e. The van der Waals surface area contributed by atoms with E-state index in [2.05, 4.69) is 31.6 Å². The van der Waals surface area contributed by atoms with E-state index in [0.29, 0.717) is 30.5 Å². The lowest BCUT2D eigenvalue weighted by atomic mass is 10.2. The summed E-state index contributed by atoms with van der Waals surface area (Å²) in [6.07, 6.45) is 0.617. The molecular weight excluding hydrogens is 390 g/mol. The Morgan fingerprint density at radius 3 is 2.86 bits per heavy atom. The molecular formula is C14H19BrClN3O2S. The van der Waals surface area contributed by atoms with Crippen LogP contribution in [0.4, 0.5) is 0 Å². The first-order valence-electron chi connectivity index (χ1n) is 7.09. The van der Waals surface area contributed by atoms with Crippen molar-refractivity contribution in [3.63, 3.8) is 0 Å². The molecule has 0 amide bonds. The van der Waals surface area contributed by atoms with Crippen LogP contribution in [0.5, 0.6) is 0 Å². The zero-order valence-electron chi connectivity index (χ0n) is 12.3. The number of hydrogen-bond acceptors (Lipinski definition) is 3. The number of halogens is 2. The fraction of sp³-hybridized carbons (Fsp3) is 0.500. The molecule has 0 saturated carbocycles. The molecule has 1 fully saturated rings. The van der Waals surface area contributed by atoms with Crippen molar-refractivity contribution in [3.8, 4) is 0 Å². The molecule has 5 nitrogen and oxygen atoms in total. The van der Waals surface area contributed by atoms with Crippen LogP contribution < -0.4 is 10.6 Å². The van der Waals surface area contributed by atoms with E-state index in [9.17, 15) is 8.42 Å². The van der Waals surface area contributed by atoms with E-state index in [1.807, 2.05) is 25.1 Å². The summed E-state index contributed by atoms with van der Waals surface area (Å²) in [4.78, 5) is 4.49. The van der Waals surface area contributed by atoms with Crippen molar-refractivity contribution >= 4 is 43.3 Å².